The van der Waals surface area contributed by atoms with Gasteiger partial charge in [-0.2, -0.15) is 0 Å². The topological polar surface area (TPSA) is 20.2 Å². The average molecular weight is 224 g/mol. The number of hydrogen-bond acceptors (Lipinski definition) is 1. The summed E-state index contributed by atoms with van der Waals surface area (Å²) in [4.78, 5) is 0. The number of rotatable bonds is 2. The zero-order chi connectivity index (χ0) is 11.8. The van der Waals surface area contributed by atoms with Gasteiger partial charge < -0.3 is 5.11 Å². The standard InChI is InChI=1S/C15H28O/c1-4-5-14-11(2)6-7-12-10-13(16)8-9-15(12,14)3/h11-14,16H,4-10H2,1-3H3/t11?,12?,13-,14+,15-/m0/s1. The largest absolute Gasteiger partial charge is 0.393 e. The third kappa shape index (κ3) is 2.03. The highest BCUT2D eigenvalue weighted by atomic mass is 16.3. The van der Waals surface area contributed by atoms with Crippen LogP contribution in [-0.2, 0) is 0 Å². The van der Waals surface area contributed by atoms with Crippen LogP contribution in [0.2, 0.25) is 0 Å². The fourth-order valence-corrected chi connectivity index (χ4v) is 4.57. The van der Waals surface area contributed by atoms with Crippen LogP contribution in [0.25, 0.3) is 0 Å². The predicted molar refractivity (Wildman–Crippen MR) is 68.3 cm³/mol. The molecule has 0 heterocycles. The van der Waals surface area contributed by atoms with E-state index in [1.807, 2.05) is 0 Å². The maximum absolute atomic E-state index is 9.84. The maximum Gasteiger partial charge on any atom is 0.0543 e. The Labute approximate surface area is 101 Å². The Morgan fingerprint density at radius 2 is 2.00 bits per heavy atom. The Morgan fingerprint density at radius 3 is 2.69 bits per heavy atom. The predicted octanol–water partition coefficient (Wildman–Crippen LogP) is 4.00. The molecule has 2 rings (SSSR count). The molecule has 2 unspecified atom stereocenters. The van der Waals surface area contributed by atoms with Crippen LogP contribution >= 0.6 is 0 Å². The summed E-state index contributed by atoms with van der Waals surface area (Å²) >= 11 is 0. The summed E-state index contributed by atoms with van der Waals surface area (Å²) in [6.07, 6.45) is 8.82. The Bertz CT molecular complexity index is 238. The molecule has 0 aromatic carbocycles. The molecule has 5 atom stereocenters. The minimum Gasteiger partial charge on any atom is -0.393 e. The molecule has 2 aliphatic carbocycles. The summed E-state index contributed by atoms with van der Waals surface area (Å²) in [7, 11) is 0. The van der Waals surface area contributed by atoms with Crippen LogP contribution in [0.15, 0.2) is 0 Å². The highest BCUT2D eigenvalue weighted by Gasteiger charge is 2.48. The molecular weight excluding hydrogens is 196 g/mol. The second kappa shape index (κ2) is 4.68. The van der Waals surface area contributed by atoms with Crippen molar-refractivity contribution >= 4 is 0 Å². The normalized spacial score (nSPS) is 48.8. The van der Waals surface area contributed by atoms with Crippen molar-refractivity contribution in [3.8, 4) is 0 Å². The fourth-order valence-electron chi connectivity index (χ4n) is 4.57. The Morgan fingerprint density at radius 1 is 1.25 bits per heavy atom. The lowest BCUT2D eigenvalue weighted by Crippen LogP contribution is -2.47. The maximum atomic E-state index is 9.84. The lowest BCUT2D eigenvalue weighted by molar-refractivity contribution is -0.0703. The number of aliphatic hydroxyl groups excluding tert-OH is 1. The number of aliphatic hydroxyl groups is 1. The van der Waals surface area contributed by atoms with Gasteiger partial charge in [0, 0.05) is 0 Å². The quantitative estimate of drug-likeness (QED) is 0.751. The average Bonchev–Trinajstić information content (AvgIpc) is 2.25. The molecule has 0 aliphatic heterocycles. The zero-order valence-corrected chi connectivity index (χ0v) is 11.2. The summed E-state index contributed by atoms with van der Waals surface area (Å²) in [5.41, 5.74) is 0.535. The molecule has 1 N–H and O–H groups in total. The van der Waals surface area contributed by atoms with Crippen LogP contribution in [0, 0.1) is 23.2 Å². The van der Waals surface area contributed by atoms with Gasteiger partial charge in [-0.1, -0.05) is 33.6 Å². The van der Waals surface area contributed by atoms with Crippen molar-refractivity contribution in [2.24, 2.45) is 23.2 Å². The van der Waals surface area contributed by atoms with Crippen molar-refractivity contribution in [3.05, 3.63) is 0 Å². The van der Waals surface area contributed by atoms with Gasteiger partial charge in [-0.25, -0.2) is 0 Å². The molecule has 2 fully saturated rings. The van der Waals surface area contributed by atoms with E-state index in [0.717, 1.165) is 30.6 Å². The smallest absolute Gasteiger partial charge is 0.0543 e. The summed E-state index contributed by atoms with van der Waals surface area (Å²) in [5, 5.41) is 9.84. The van der Waals surface area contributed by atoms with Crippen molar-refractivity contribution in [2.45, 2.75) is 71.8 Å². The first-order valence-corrected chi connectivity index (χ1v) is 7.26. The zero-order valence-electron chi connectivity index (χ0n) is 11.2. The van der Waals surface area contributed by atoms with Crippen LogP contribution in [-0.4, -0.2) is 11.2 Å². The number of hydrogen-bond donors (Lipinski definition) is 1. The van der Waals surface area contributed by atoms with Crippen LogP contribution in [0.3, 0.4) is 0 Å². The molecule has 0 amide bonds. The molecule has 16 heavy (non-hydrogen) atoms. The van der Waals surface area contributed by atoms with E-state index < -0.39 is 0 Å². The Balaban J connectivity index is 2.16. The highest BCUT2D eigenvalue weighted by Crippen LogP contribution is 2.56. The van der Waals surface area contributed by atoms with Crippen LogP contribution < -0.4 is 0 Å². The molecule has 0 bridgehead atoms. The third-order valence-electron chi connectivity index (χ3n) is 5.61. The molecule has 1 nitrogen and oxygen atoms in total. The fraction of sp³-hybridized carbons (Fsp3) is 1.00. The van der Waals surface area contributed by atoms with Crippen molar-refractivity contribution in [2.75, 3.05) is 0 Å². The summed E-state index contributed by atoms with van der Waals surface area (Å²) in [6, 6.07) is 0. The van der Waals surface area contributed by atoms with Gasteiger partial charge in [0.15, 0.2) is 0 Å². The van der Waals surface area contributed by atoms with E-state index in [1.165, 1.54) is 32.1 Å². The molecular formula is C15H28O. The van der Waals surface area contributed by atoms with Gasteiger partial charge in [-0.05, 0) is 55.3 Å². The van der Waals surface area contributed by atoms with E-state index in [9.17, 15) is 5.11 Å². The van der Waals surface area contributed by atoms with Gasteiger partial charge in [0.05, 0.1) is 6.10 Å². The summed E-state index contributed by atoms with van der Waals surface area (Å²) in [6.45, 7) is 7.28. The Hall–Kier alpha value is -0.0400. The third-order valence-corrected chi connectivity index (χ3v) is 5.61. The van der Waals surface area contributed by atoms with Gasteiger partial charge in [0.1, 0.15) is 0 Å². The molecule has 2 saturated carbocycles. The van der Waals surface area contributed by atoms with E-state index in [0.29, 0.717) is 5.41 Å². The lowest BCUT2D eigenvalue weighted by atomic mass is 9.51. The molecule has 0 radical (unpaired) electrons. The molecule has 94 valence electrons. The molecule has 0 saturated heterocycles. The van der Waals surface area contributed by atoms with E-state index >= 15 is 0 Å². The Kier molecular flexibility index (Phi) is 3.63. The van der Waals surface area contributed by atoms with E-state index in [4.69, 9.17) is 0 Å². The molecule has 0 spiro atoms. The SMILES string of the molecule is CCC[C@@H]1C(C)CCC2C[C@@H](O)CC[C@@]21C. The second-order valence-electron chi connectivity index (χ2n) is 6.58. The van der Waals surface area contributed by atoms with Crippen molar-refractivity contribution < 1.29 is 5.11 Å². The first-order chi connectivity index (χ1) is 7.58. The minimum atomic E-state index is -0.00578. The molecule has 0 aromatic heterocycles. The summed E-state index contributed by atoms with van der Waals surface area (Å²) in [5.74, 6) is 2.60. The first-order valence-electron chi connectivity index (χ1n) is 7.26. The van der Waals surface area contributed by atoms with Crippen molar-refractivity contribution in [1.29, 1.82) is 0 Å². The molecule has 2 aliphatic rings. The highest BCUT2D eigenvalue weighted by molar-refractivity contribution is 4.98. The van der Waals surface area contributed by atoms with E-state index in [-0.39, 0.29) is 6.10 Å². The monoisotopic (exact) mass is 224 g/mol. The van der Waals surface area contributed by atoms with Crippen molar-refractivity contribution in [3.63, 3.8) is 0 Å². The van der Waals surface area contributed by atoms with Crippen LogP contribution in [0.5, 0.6) is 0 Å². The minimum absolute atomic E-state index is 0.00578. The van der Waals surface area contributed by atoms with Gasteiger partial charge in [-0.3, -0.25) is 0 Å². The molecule has 0 aromatic rings. The van der Waals surface area contributed by atoms with Gasteiger partial charge in [-0.15, -0.1) is 0 Å². The molecule has 1 heteroatoms. The van der Waals surface area contributed by atoms with Gasteiger partial charge >= 0.3 is 0 Å². The van der Waals surface area contributed by atoms with Crippen LogP contribution in [0.4, 0.5) is 0 Å². The van der Waals surface area contributed by atoms with E-state index in [1.54, 1.807) is 0 Å². The first kappa shape index (κ1) is 12.4. The number of fused-ring (bicyclic) bond motifs is 1. The lowest BCUT2D eigenvalue weighted by Gasteiger charge is -2.54. The van der Waals surface area contributed by atoms with E-state index in [2.05, 4.69) is 20.8 Å². The van der Waals surface area contributed by atoms with Gasteiger partial charge in [0.25, 0.3) is 0 Å². The van der Waals surface area contributed by atoms with Crippen LogP contribution in [0.1, 0.15) is 65.7 Å². The van der Waals surface area contributed by atoms with Crippen molar-refractivity contribution in [1.82, 2.24) is 0 Å². The second-order valence-corrected chi connectivity index (χ2v) is 6.58. The summed E-state index contributed by atoms with van der Waals surface area (Å²) < 4.78 is 0. The van der Waals surface area contributed by atoms with Gasteiger partial charge in [0.2, 0.25) is 0 Å².